The van der Waals surface area contributed by atoms with Crippen LogP contribution in [0.1, 0.15) is 30.6 Å². The van der Waals surface area contributed by atoms with Crippen LogP contribution in [-0.2, 0) is 0 Å². The molecule has 0 aliphatic heterocycles. The third-order valence-corrected chi connectivity index (χ3v) is 2.64. The molecule has 0 fully saturated rings. The molecule has 0 aromatic heterocycles. The van der Waals surface area contributed by atoms with Crippen LogP contribution in [0.25, 0.3) is 0 Å². The fourth-order valence-corrected chi connectivity index (χ4v) is 1.66. The van der Waals surface area contributed by atoms with Gasteiger partial charge in [-0.3, -0.25) is 0 Å². The number of hydrogen-bond donors (Lipinski definition) is 3. The predicted octanol–water partition coefficient (Wildman–Crippen LogP) is 2.35. The van der Waals surface area contributed by atoms with Gasteiger partial charge in [0.25, 0.3) is 0 Å². The van der Waals surface area contributed by atoms with Gasteiger partial charge in [0.05, 0.1) is 0 Å². The first-order valence-corrected chi connectivity index (χ1v) is 6.11. The standard InChI is InChI=1S/C13H18N2O4/c1-3-7-15(4-2)13(19)14-9-5-6-11(16)10(8-9)12(17)18/h5-6,8,16H,3-4,7H2,1-2H3,(H,14,19)(H,17,18). The van der Waals surface area contributed by atoms with Crippen molar-refractivity contribution in [1.82, 2.24) is 4.90 Å². The molecule has 0 atom stereocenters. The lowest BCUT2D eigenvalue weighted by Crippen LogP contribution is -2.35. The third-order valence-electron chi connectivity index (χ3n) is 2.64. The van der Waals surface area contributed by atoms with Crippen LogP contribution >= 0.6 is 0 Å². The number of benzene rings is 1. The number of hydrogen-bond acceptors (Lipinski definition) is 3. The number of carbonyl (C=O) groups excluding carboxylic acids is 1. The minimum Gasteiger partial charge on any atom is -0.507 e. The molecular weight excluding hydrogens is 248 g/mol. The van der Waals surface area contributed by atoms with Crippen molar-refractivity contribution in [3.05, 3.63) is 23.8 Å². The molecule has 0 heterocycles. The summed E-state index contributed by atoms with van der Waals surface area (Å²) in [5, 5.41) is 20.9. The van der Waals surface area contributed by atoms with Gasteiger partial charge in [-0.05, 0) is 31.5 Å². The first kappa shape index (κ1) is 14.8. The summed E-state index contributed by atoms with van der Waals surface area (Å²) in [5.74, 6) is -1.57. The Balaban J connectivity index is 2.85. The Morgan fingerprint density at radius 3 is 2.53 bits per heavy atom. The summed E-state index contributed by atoms with van der Waals surface area (Å²) in [7, 11) is 0. The summed E-state index contributed by atoms with van der Waals surface area (Å²) in [4.78, 5) is 24.4. The SMILES string of the molecule is CCCN(CC)C(=O)Nc1ccc(O)c(C(=O)O)c1. The molecule has 6 heteroatoms. The zero-order valence-corrected chi connectivity index (χ0v) is 11.0. The number of nitrogens with one attached hydrogen (secondary N) is 1. The lowest BCUT2D eigenvalue weighted by molar-refractivity contribution is 0.0693. The predicted molar refractivity (Wildman–Crippen MR) is 71.6 cm³/mol. The van der Waals surface area contributed by atoms with Crippen molar-refractivity contribution < 1.29 is 19.8 Å². The molecule has 2 amide bonds. The summed E-state index contributed by atoms with van der Waals surface area (Å²) in [5.41, 5.74) is 0.103. The molecular formula is C13H18N2O4. The third kappa shape index (κ3) is 3.87. The molecule has 3 N–H and O–H groups in total. The first-order chi connectivity index (χ1) is 8.99. The Labute approximate surface area is 111 Å². The topological polar surface area (TPSA) is 89.9 Å². The minimum absolute atomic E-state index is 0.240. The monoisotopic (exact) mass is 266 g/mol. The highest BCUT2D eigenvalue weighted by Crippen LogP contribution is 2.21. The molecule has 0 spiro atoms. The van der Waals surface area contributed by atoms with E-state index in [-0.39, 0.29) is 17.3 Å². The number of anilines is 1. The fourth-order valence-electron chi connectivity index (χ4n) is 1.66. The lowest BCUT2D eigenvalue weighted by atomic mass is 10.2. The Kier molecular flexibility index (Phi) is 5.17. The van der Waals surface area contributed by atoms with Gasteiger partial charge in [-0.25, -0.2) is 9.59 Å². The molecule has 0 unspecified atom stereocenters. The number of carbonyl (C=O) groups is 2. The first-order valence-electron chi connectivity index (χ1n) is 6.11. The van der Waals surface area contributed by atoms with Crippen LogP contribution in [0.5, 0.6) is 5.75 Å². The number of rotatable bonds is 5. The Bertz CT molecular complexity index is 474. The van der Waals surface area contributed by atoms with Crippen molar-refractivity contribution in [2.75, 3.05) is 18.4 Å². The zero-order valence-electron chi connectivity index (χ0n) is 11.0. The van der Waals surface area contributed by atoms with E-state index in [4.69, 9.17) is 5.11 Å². The quantitative estimate of drug-likeness (QED) is 0.713. The molecule has 0 aliphatic rings. The van der Waals surface area contributed by atoms with Crippen molar-refractivity contribution in [3.63, 3.8) is 0 Å². The number of aromatic hydroxyl groups is 1. The average molecular weight is 266 g/mol. The second kappa shape index (κ2) is 6.63. The molecule has 0 aliphatic carbocycles. The van der Waals surface area contributed by atoms with Crippen LogP contribution in [0.4, 0.5) is 10.5 Å². The van der Waals surface area contributed by atoms with Gasteiger partial charge in [-0.15, -0.1) is 0 Å². The van der Waals surface area contributed by atoms with E-state index in [1.807, 2.05) is 13.8 Å². The maximum Gasteiger partial charge on any atom is 0.339 e. The summed E-state index contributed by atoms with van der Waals surface area (Å²) < 4.78 is 0. The second-order valence-corrected chi connectivity index (χ2v) is 4.05. The second-order valence-electron chi connectivity index (χ2n) is 4.05. The molecule has 1 aromatic rings. The van der Waals surface area contributed by atoms with Crippen molar-refractivity contribution in [2.45, 2.75) is 20.3 Å². The van der Waals surface area contributed by atoms with Crippen molar-refractivity contribution in [3.8, 4) is 5.75 Å². The number of carboxylic acids is 1. The van der Waals surface area contributed by atoms with Gasteiger partial charge in [-0.1, -0.05) is 6.92 Å². The number of phenols is 1. The van der Waals surface area contributed by atoms with Gasteiger partial charge < -0.3 is 20.4 Å². The van der Waals surface area contributed by atoms with Gasteiger partial charge in [0, 0.05) is 18.8 Å². The number of amides is 2. The van der Waals surface area contributed by atoms with Crippen LogP contribution in [0.3, 0.4) is 0 Å². The van der Waals surface area contributed by atoms with Crippen molar-refractivity contribution in [2.24, 2.45) is 0 Å². The van der Waals surface area contributed by atoms with Gasteiger partial charge in [0.2, 0.25) is 0 Å². The summed E-state index contributed by atoms with van der Waals surface area (Å²) in [6.45, 7) is 5.05. The van der Waals surface area contributed by atoms with E-state index in [1.165, 1.54) is 18.2 Å². The summed E-state index contributed by atoms with van der Waals surface area (Å²) in [6.07, 6.45) is 0.844. The van der Waals surface area contributed by atoms with Gasteiger partial charge in [0.1, 0.15) is 11.3 Å². The smallest absolute Gasteiger partial charge is 0.339 e. The normalized spacial score (nSPS) is 10.0. The number of nitrogens with zero attached hydrogens (tertiary/aromatic N) is 1. The summed E-state index contributed by atoms with van der Waals surface area (Å²) >= 11 is 0. The number of urea groups is 1. The zero-order chi connectivity index (χ0) is 14.4. The maximum absolute atomic E-state index is 11.9. The van der Waals surface area contributed by atoms with Crippen LogP contribution in [0, 0.1) is 0 Å². The number of carboxylic acid groups (broad SMARTS) is 1. The average Bonchev–Trinajstić information content (AvgIpc) is 2.37. The lowest BCUT2D eigenvalue weighted by Gasteiger charge is -2.20. The number of aromatic carboxylic acids is 1. The molecule has 6 nitrogen and oxygen atoms in total. The molecule has 19 heavy (non-hydrogen) atoms. The Morgan fingerprint density at radius 1 is 1.32 bits per heavy atom. The highest BCUT2D eigenvalue weighted by atomic mass is 16.4. The van der Waals surface area contributed by atoms with E-state index in [1.54, 1.807) is 4.90 Å². The highest BCUT2D eigenvalue weighted by molar-refractivity contribution is 5.95. The largest absolute Gasteiger partial charge is 0.507 e. The van der Waals surface area contributed by atoms with Crippen LogP contribution in [-0.4, -0.2) is 40.2 Å². The van der Waals surface area contributed by atoms with E-state index in [0.717, 1.165) is 6.42 Å². The van der Waals surface area contributed by atoms with E-state index in [0.29, 0.717) is 18.8 Å². The highest BCUT2D eigenvalue weighted by Gasteiger charge is 2.14. The molecule has 0 radical (unpaired) electrons. The van der Waals surface area contributed by atoms with Crippen molar-refractivity contribution >= 4 is 17.7 Å². The molecule has 0 saturated carbocycles. The van der Waals surface area contributed by atoms with Gasteiger partial charge in [-0.2, -0.15) is 0 Å². The Hall–Kier alpha value is -2.24. The van der Waals surface area contributed by atoms with Crippen LogP contribution in [0.2, 0.25) is 0 Å². The van der Waals surface area contributed by atoms with Crippen molar-refractivity contribution in [1.29, 1.82) is 0 Å². The Morgan fingerprint density at radius 2 is 2.00 bits per heavy atom. The van der Waals surface area contributed by atoms with E-state index < -0.39 is 5.97 Å². The van der Waals surface area contributed by atoms with E-state index >= 15 is 0 Å². The van der Waals surface area contributed by atoms with E-state index in [2.05, 4.69) is 5.32 Å². The fraction of sp³-hybridized carbons (Fsp3) is 0.385. The van der Waals surface area contributed by atoms with Gasteiger partial charge >= 0.3 is 12.0 Å². The van der Waals surface area contributed by atoms with E-state index in [9.17, 15) is 14.7 Å². The molecule has 1 aromatic carbocycles. The summed E-state index contributed by atoms with van der Waals surface area (Å²) in [6, 6.07) is 3.65. The molecule has 0 saturated heterocycles. The minimum atomic E-state index is -1.24. The molecule has 104 valence electrons. The molecule has 1 rings (SSSR count). The van der Waals surface area contributed by atoms with Gasteiger partial charge in [0.15, 0.2) is 0 Å². The molecule has 0 bridgehead atoms. The maximum atomic E-state index is 11.9. The van der Waals surface area contributed by atoms with Crippen LogP contribution in [0.15, 0.2) is 18.2 Å². The van der Waals surface area contributed by atoms with Crippen LogP contribution < -0.4 is 5.32 Å².